The van der Waals surface area contributed by atoms with Crippen molar-refractivity contribution in [3.63, 3.8) is 0 Å². The van der Waals surface area contributed by atoms with Crippen molar-refractivity contribution in [2.45, 2.75) is 18.6 Å². The molecule has 0 radical (unpaired) electrons. The molecule has 1 unspecified atom stereocenters. The minimum atomic E-state index is -6.09. The zero-order valence-corrected chi connectivity index (χ0v) is 6.65. The minimum absolute atomic E-state index is 0.139. The van der Waals surface area contributed by atoms with Crippen molar-refractivity contribution in [2.75, 3.05) is 0 Å². The monoisotopic (exact) mass is 244 g/mol. The summed E-state index contributed by atoms with van der Waals surface area (Å²) in [6.07, 6.45) is -11.8. The molecule has 1 atom stereocenters. The second-order valence-corrected chi connectivity index (χ2v) is 1.93. The molecule has 0 saturated heterocycles. The quantitative estimate of drug-likeness (QED) is 0.250. The Morgan fingerprint density at radius 1 is 0.933 bits per heavy atom. The van der Waals surface area contributed by atoms with E-state index < -0.39 is 18.6 Å². The van der Waals surface area contributed by atoms with Crippen LogP contribution in [0, 0.1) is 0 Å². The molecule has 0 aliphatic rings. The van der Waals surface area contributed by atoms with Gasteiger partial charge in [-0.2, -0.15) is 17.6 Å². The number of halogens is 7. The fourth-order valence-electron chi connectivity index (χ4n) is 0.367. The average molecular weight is 244 g/mol. The van der Waals surface area contributed by atoms with Gasteiger partial charge in [-0.25, -0.2) is 4.74 Å². The van der Waals surface area contributed by atoms with Gasteiger partial charge in [0.1, 0.15) is 6.26 Å². The third-order valence-corrected chi connectivity index (χ3v) is 0.809. The molecule has 0 rings (SSSR count). The summed E-state index contributed by atoms with van der Waals surface area (Å²) in [4.78, 5) is 5.98. The predicted molar refractivity (Wildman–Crippen MR) is 29.4 cm³/mol. The minimum Gasteiger partial charge on any atom is -0.340 e. The molecular weight excluding hydrogens is 241 g/mol. The molecule has 0 N–H and O–H groups in total. The maximum Gasteiger partial charge on any atom is 0.527 e. The Kier molecular flexibility index (Phi) is 3.94. The van der Waals surface area contributed by atoms with E-state index in [1.807, 2.05) is 0 Å². The summed E-state index contributed by atoms with van der Waals surface area (Å²) < 4.78 is 83.9. The Bertz CT molecular complexity index is 222. The Morgan fingerprint density at radius 2 is 1.40 bits per heavy atom. The van der Waals surface area contributed by atoms with Crippen LogP contribution in [0.2, 0.25) is 0 Å². The lowest BCUT2D eigenvalue weighted by Gasteiger charge is -2.25. The van der Waals surface area contributed by atoms with E-state index in [1.54, 1.807) is 0 Å². The van der Waals surface area contributed by atoms with Gasteiger partial charge in [-0.1, -0.05) is 6.58 Å². The molecular formula is C5H3F7O3. The maximum absolute atomic E-state index is 12.5. The van der Waals surface area contributed by atoms with Crippen molar-refractivity contribution in [1.29, 1.82) is 0 Å². The predicted octanol–water partition coefficient (Wildman–Crippen LogP) is 2.80. The van der Waals surface area contributed by atoms with Crippen LogP contribution in [0.1, 0.15) is 0 Å². The van der Waals surface area contributed by atoms with Crippen LogP contribution in [-0.2, 0) is 14.5 Å². The number of rotatable bonds is 4. The molecule has 0 aliphatic carbocycles. The largest absolute Gasteiger partial charge is 0.527 e. The van der Waals surface area contributed by atoms with E-state index in [2.05, 4.69) is 21.1 Å². The van der Waals surface area contributed by atoms with Crippen molar-refractivity contribution in [3.8, 4) is 0 Å². The van der Waals surface area contributed by atoms with Gasteiger partial charge in [-0.3, -0.25) is 0 Å². The van der Waals surface area contributed by atoms with Crippen molar-refractivity contribution in [1.82, 2.24) is 0 Å². The molecule has 0 aromatic rings. The first kappa shape index (κ1) is 14.0. The summed E-state index contributed by atoms with van der Waals surface area (Å²) in [5.74, 6) is 0. The van der Waals surface area contributed by atoms with Gasteiger partial charge < -0.3 is 4.89 Å². The average Bonchev–Trinajstić information content (AvgIpc) is 1.95. The summed E-state index contributed by atoms with van der Waals surface area (Å²) in [5.41, 5.74) is 0. The summed E-state index contributed by atoms with van der Waals surface area (Å²) in [5, 5.41) is 0. The van der Waals surface area contributed by atoms with Crippen molar-refractivity contribution in [3.05, 3.63) is 12.8 Å². The SMILES string of the molecule is C=COOC(F)(OC(F)(F)F)C(F)(F)F. The van der Waals surface area contributed by atoms with Gasteiger partial charge in [-0.15, -0.1) is 18.1 Å². The van der Waals surface area contributed by atoms with Gasteiger partial charge in [0, 0.05) is 0 Å². The van der Waals surface area contributed by atoms with E-state index in [9.17, 15) is 30.7 Å². The lowest BCUT2D eigenvalue weighted by Crippen LogP contribution is -2.49. The van der Waals surface area contributed by atoms with Gasteiger partial charge in [0.25, 0.3) is 0 Å². The summed E-state index contributed by atoms with van der Waals surface area (Å²) in [6, 6.07) is -5.44. The number of hydrogen-bond donors (Lipinski definition) is 0. The molecule has 3 nitrogen and oxygen atoms in total. The zero-order chi connectivity index (χ0) is 12.3. The highest BCUT2D eigenvalue weighted by Crippen LogP contribution is 2.40. The van der Waals surface area contributed by atoms with Gasteiger partial charge in [0.2, 0.25) is 0 Å². The normalized spacial score (nSPS) is 17.0. The molecule has 0 spiro atoms. The number of ether oxygens (including phenoxy) is 1. The fraction of sp³-hybridized carbons (Fsp3) is 0.600. The molecule has 10 heteroatoms. The number of alkyl halides is 7. The third kappa shape index (κ3) is 4.34. The molecule has 0 aliphatic heterocycles. The highest BCUT2D eigenvalue weighted by atomic mass is 19.4. The summed E-state index contributed by atoms with van der Waals surface area (Å²) >= 11 is 0. The van der Waals surface area contributed by atoms with Crippen LogP contribution in [0.4, 0.5) is 30.7 Å². The first-order chi connectivity index (χ1) is 6.52. The Morgan fingerprint density at radius 3 is 1.67 bits per heavy atom. The smallest absolute Gasteiger partial charge is 0.340 e. The first-order valence-electron chi connectivity index (χ1n) is 3.00. The van der Waals surface area contributed by atoms with Gasteiger partial charge in [0.05, 0.1) is 0 Å². The molecule has 15 heavy (non-hydrogen) atoms. The van der Waals surface area contributed by atoms with Crippen LogP contribution >= 0.6 is 0 Å². The zero-order valence-electron chi connectivity index (χ0n) is 6.65. The molecule has 0 saturated carbocycles. The number of hydrogen-bond acceptors (Lipinski definition) is 3. The van der Waals surface area contributed by atoms with E-state index in [0.29, 0.717) is 0 Å². The van der Waals surface area contributed by atoms with Crippen LogP contribution in [0.5, 0.6) is 0 Å². The Balaban J connectivity index is 4.78. The molecule has 0 aromatic heterocycles. The van der Waals surface area contributed by atoms with Crippen molar-refractivity contribution in [2.24, 2.45) is 0 Å². The maximum atomic E-state index is 12.5. The van der Waals surface area contributed by atoms with Gasteiger partial charge >= 0.3 is 18.6 Å². The van der Waals surface area contributed by atoms with E-state index in [-0.39, 0.29) is 6.26 Å². The van der Waals surface area contributed by atoms with Crippen molar-refractivity contribution < 1.29 is 45.2 Å². The summed E-state index contributed by atoms with van der Waals surface area (Å²) in [7, 11) is 0. The highest BCUT2D eigenvalue weighted by molar-refractivity contribution is 4.66. The van der Waals surface area contributed by atoms with Crippen LogP contribution in [0.3, 0.4) is 0 Å². The van der Waals surface area contributed by atoms with Gasteiger partial charge in [0.15, 0.2) is 0 Å². The van der Waals surface area contributed by atoms with Crippen LogP contribution in [0.15, 0.2) is 12.8 Å². The van der Waals surface area contributed by atoms with E-state index in [4.69, 9.17) is 0 Å². The van der Waals surface area contributed by atoms with Crippen LogP contribution in [0.25, 0.3) is 0 Å². The standard InChI is InChI=1S/C5H3F7O3/c1-2-13-15-4(9,3(6,7)8)14-5(10,11)12/h2H,1H2. The van der Waals surface area contributed by atoms with E-state index >= 15 is 0 Å². The van der Waals surface area contributed by atoms with Gasteiger partial charge in [-0.05, 0) is 0 Å². The first-order valence-corrected chi connectivity index (χ1v) is 3.00. The fourth-order valence-corrected chi connectivity index (χ4v) is 0.367. The topological polar surface area (TPSA) is 27.7 Å². The molecule has 0 aromatic carbocycles. The van der Waals surface area contributed by atoms with E-state index in [1.165, 1.54) is 0 Å². The second kappa shape index (κ2) is 4.23. The lowest BCUT2D eigenvalue weighted by molar-refractivity contribution is -0.573. The van der Waals surface area contributed by atoms with Crippen LogP contribution in [-0.4, -0.2) is 18.6 Å². The second-order valence-electron chi connectivity index (χ2n) is 1.93. The molecule has 90 valence electrons. The molecule has 0 heterocycles. The van der Waals surface area contributed by atoms with Crippen molar-refractivity contribution >= 4 is 0 Å². The molecule has 0 fully saturated rings. The highest BCUT2D eigenvalue weighted by Gasteiger charge is 2.66. The van der Waals surface area contributed by atoms with E-state index in [0.717, 1.165) is 0 Å². The molecule has 0 amide bonds. The Labute approximate surface area is 77.9 Å². The Hall–Kier alpha value is -1.03. The lowest BCUT2D eigenvalue weighted by atomic mass is 10.6. The third-order valence-electron chi connectivity index (χ3n) is 0.809. The molecule has 0 bridgehead atoms. The van der Waals surface area contributed by atoms with Crippen LogP contribution < -0.4 is 0 Å². The summed E-state index contributed by atoms with van der Waals surface area (Å²) in [6.45, 7) is 2.62.